The number of rotatable bonds is 10. The summed E-state index contributed by atoms with van der Waals surface area (Å²) in [7, 11) is 1.60. The van der Waals surface area contributed by atoms with Crippen molar-refractivity contribution in [2.45, 2.75) is 6.61 Å². The summed E-state index contributed by atoms with van der Waals surface area (Å²) >= 11 is 9.68. The van der Waals surface area contributed by atoms with Crippen LogP contribution in [0.15, 0.2) is 114 Å². The van der Waals surface area contributed by atoms with E-state index < -0.39 is 0 Å². The lowest BCUT2D eigenvalue weighted by atomic mass is 10.1. The first-order valence-electron chi connectivity index (χ1n) is 13.8. The van der Waals surface area contributed by atoms with Crippen LogP contribution in [0.1, 0.15) is 21.5 Å². The van der Waals surface area contributed by atoms with Crippen molar-refractivity contribution in [1.82, 2.24) is 10.4 Å². The number of hydrogen-bond donors (Lipinski definition) is 2. The Labute approximate surface area is 283 Å². The van der Waals surface area contributed by atoms with E-state index >= 15 is 0 Å². The minimum absolute atomic E-state index is 0.321. The van der Waals surface area contributed by atoms with E-state index in [9.17, 15) is 4.79 Å². The van der Waals surface area contributed by atoms with Gasteiger partial charge in [0.05, 0.1) is 22.6 Å². The Balaban J connectivity index is 1.06. The summed E-state index contributed by atoms with van der Waals surface area (Å²) in [5.74, 6) is 0.915. The SMILES string of the molecule is COc1cc(/C=N\NC(=O)c2ccc(-c3csc(Nc4ccc(Cl)cc4)n3)cc2)cc(I)c1OCc1ccc2ccccc2c1. The van der Waals surface area contributed by atoms with E-state index in [1.165, 1.54) is 22.1 Å². The molecule has 6 rings (SSSR count). The topological polar surface area (TPSA) is 84.8 Å². The Hall–Kier alpha value is -4.45. The largest absolute Gasteiger partial charge is 0.493 e. The van der Waals surface area contributed by atoms with Crippen molar-refractivity contribution in [3.63, 3.8) is 0 Å². The molecule has 224 valence electrons. The Bertz CT molecular complexity index is 2000. The normalized spacial score (nSPS) is 11.1. The fraction of sp³-hybridized carbons (Fsp3) is 0.0571. The number of hydrazone groups is 1. The molecule has 0 aliphatic carbocycles. The quantitative estimate of drug-likeness (QED) is 0.0830. The number of ether oxygens (including phenoxy) is 2. The van der Waals surface area contributed by atoms with Crippen molar-refractivity contribution in [2.75, 3.05) is 12.4 Å². The standard InChI is InChI=1S/C35H26ClIN4O3S/c1-43-32-18-23(17-30(37)33(32)44-20-22-6-7-24-4-2-3-5-27(24)16-22)19-38-41-34(42)26-10-8-25(9-11-26)31-21-45-35(40-31)39-29-14-12-28(36)13-15-29/h2-19,21H,20H2,1H3,(H,39,40)(H,41,42)/b38-19-. The van der Waals surface area contributed by atoms with Crippen molar-refractivity contribution in [3.8, 4) is 22.8 Å². The third-order valence-electron chi connectivity index (χ3n) is 6.87. The maximum Gasteiger partial charge on any atom is 0.271 e. The van der Waals surface area contributed by atoms with Crippen LogP contribution in [0, 0.1) is 3.57 Å². The molecule has 6 aromatic rings. The zero-order valence-corrected chi connectivity index (χ0v) is 27.7. The van der Waals surface area contributed by atoms with Gasteiger partial charge in [-0.15, -0.1) is 11.3 Å². The molecule has 7 nitrogen and oxygen atoms in total. The first-order chi connectivity index (χ1) is 21.9. The van der Waals surface area contributed by atoms with Gasteiger partial charge in [-0.3, -0.25) is 4.79 Å². The Kier molecular flexibility index (Phi) is 9.58. The summed E-state index contributed by atoms with van der Waals surface area (Å²) in [6.45, 7) is 0.406. The highest BCUT2D eigenvalue weighted by Gasteiger charge is 2.13. The van der Waals surface area contributed by atoms with Gasteiger partial charge in [-0.1, -0.05) is 60.1 Å². The summed E-state index contributed by atoms with van der Waals surface area (Å²) in [6.07, 6.45) is 1.58. The first-order valence-corrected chi connectivity index (χ1v) is 16.2. The molecule has 2 N–H and O–H groups in total. The van der Waals surface area contributed by atoms with Crippen LogP contribution in [0.25, 0.3) is 22.0 Å². The second-order valence-corrected chi connectivity index (χ2v) is 12.4. The van der Waals surface area contributed by atoms with Gasteiger partial charge in [0.2, 0.25) is 0 Å². The number of anilines is 2. The molecule has 45 heavy (non-hydrogen) atoms. The predicted octanol–water partition coefficient (Wildman–Crippen LogP) is 9.32. The van der Waals surface area contributed by atoms with E-state index in [1.807, 2.05) is 66.0 Å². The summed E-state index contributed by atoms with van der Waals surface area (Å²) < 4.78 is 12.6. The van der Waals surface area contributed by atoms with Crippen LogP contribution in [-0.2, 0) is 6.61 Å². The van der Waals surface area contributed by atoms with Gasteiger partial charge in [-0.25, -0.2) is 10.4 Å². The molecule has 0 spiro atoms. The van der Waals surface area contributed by atoms with Crippen LogP contribution >= 0.6 is 45.5 Å². The van der Waals surface area contributed by atoms with Crippen LogP contribution in [-0.4, -0.2) is 24.2 Å². The monoisotopic (exact) mass is 744 g/mol. The van der Waals surface area contributed by atoms with Crippen molar-refractivity contribution < 1.29 is 14.3 Å². The number of carbonyl (C=O) groups excluding carboxylic acids is 1. The summed E-state index contributed by atoms with van der Waals surface area (Å²) in [6, 6.07) is 32.9. The number of nitrogens with zero attached hydrogens (tertiary/aromatic N) is 2. The average Bonchev–Trinajstić information content (AvgIpc) is 3.53. The molecule has 0 aliphatic rings. The third-order valence-corrected chi connectivity index (χ3v) is 8.68. The number of thiazole rings is 1. The molecule has 0 saturated carbocycles. The van der Waals surface area contributed by atoms with Gasteiger partial charge in [0, 0.05) is 27.2 Å². The lowest BCUT2D eigenvalue weighted by Crippen LogP contribution is -2.17. The van der Waals surface area contributed by atoms with Gasteiger partial charge >= 0.3 is 0 Å². The highest BCUT2D eigenvalue weighted by molar-refractivity contribution is 14.1. The molecule has 0 atom stereocenters. The molecule has 0 saturated heterocycles. The molecular formula is C35H26ClIN4O3S. The molecule has 1 amide bonds. The molecule has 5 aromatic carbocycles. The van der Waals surface area contributed by atoms with Crippen molar-refractivity contribution in [3.05, 3.63) is 134 Å². The maximum absolute atomic E-state index is 12.8. The number of halogens is 2. The first kappa shape index (κ1) is 30.6. The van der Waals surface area contributed by atoms with Crippen LogP contribution in [0.2, 0.25) is 5.02 Å². The summed E-state index contributed by atoms with van der Waals surface area (Å²) in [5.41, 5.74) is 7.53. The zero-order valence-electron chi connectivity index (χ0n) is 24.0. The van der Waals surface area contributed by atoms with Crippen LogP contribution in [0.4, 0.5) is 10.8 Å². The number of hydrogen-bond acceptors (Lipinski definition) is 7. The molecule has 0 fully saturated rings. The number of nitrogens with one attached hydrogen (secondary N) is 2. The number of aromatic nitrogens is 1. The predicted molar refractivity (Wildman–Crippen MR) is 191 cm³/mol. The van der Waals surface area contributed by atoms with Gasteiger partial charge in [-0.2, -0.15) is 5.10 Å². The van der Waals surface area contributed by atoms with E-state index in [4.69, 9.17) is 21.1 Å². The lowest BCUT2D eigenvalue weighted by molar-refractivity contribution is 0.0955. The Morgan fingerprint density at radius 1 is 0.978 bits per heavy atom. The van der Waals surface area contributed by atoms with Gasteiger partial charge in [0.1, 0.15) is 6.61 Å². The van der Waals surface area contributed by atoms with E-state index in [1.54, 1.807) is 25.5 Å². The van der Waals surface area contributed by atoms with Gasteiger partial charge < -0.3 is 14.8 Å². The molecular weight excluding hydrogens is 719 g/mol. The van der Waals surface area contributed by atoms with E-state index in [2.05, 4.69) is 73.8 Å². The molecule has 0 aliphatic heterocycles. The van der Waals surface area contributed by atoms with Crippen molar-refractivity contribution >= 4 is 79.2 Å². The minimum atomic E-state index is -0.321. The highest BCUT2D eigenvalue weighted by Crippen LogP contribution is 2.34. The van der Waals surface area contributed by atoms with Crippen LogP contribution in [0.3, 0.4) is 0 Å². The van der Waals surface area contributed by atoms with Crippen LogP contribution < -0.4 is 20.2 Å². The van der Waals surface area contributed by atoms with Crippen LogP contribution in [0.5, 0.6) is 11.5 Å². The summed E-state index contributed by atoms with van der Waals surface area (Å²) in [4.78, 5) is 17.4. The van der Waals surface area contributed by atoms with Crippen molar-refractivity contribution in [1.29, 1.82) is 0 Å². The number of benzene rings is 5. The second-order valence-electron chi connectivity index (χ2n) is 9.95. The summed E-state index contributed by atoms with van der Waals surface area (Å²) in [5, 5.41) is 13.2. The van der Waals surface area contributed by atoms with Gasteiger partial charge in [0.25, 0.3) is 5.91 Å². The number of methoxy groups -OCH3 is 1. The molecule has 0 bridgehead atoms. The number of fused-ring (bicyclic) bond motifs is 1. The van der Waals surface area contributed by atoms with Gasteiger partial charge in [0.15, 0.2) is 16.6 Å². The molecule has 0 unspecified atom stereocenters. The molecule has 10 heteroatoms. The van der Waals surface area contributed by atoms with E-state index in [0.717, 1.165) is 36.8 Å². The van der Waals surface area contributed by atoms with Crippen molar-refractivity contribution in [2.24, 2.45) is 5.10 Å². The maximum atomic E-state index is 12.8. The second kappa shape index (κ2) is 14.1. The Morgan fingerprint density at radius 2 is 1.76 bits per heavy atom. The van der Waals surface area contributed by atoms with E-state index in [0.29, 0.717) is 28.7 Å². The fourth-order valence-electron chi connectivity index (χ4n) is 4.58. The highest BCUT2D eigenvalue weighted by atomic mass is 127. The fourth-order valence-corrected chi connectivity index (χ4v) is 6.23. The minimum Gasteiger partial charge on any atom is -0.493 e. The lowest BCUT2D eigenvalue weighted by Gasteiger charge is -2.14. The average molecular weight is 745 g/mol. The molecule has 1 heterocycles. The smallest absolute Gasteiger partial charge is 0.271 e. The number of carbonyl (C=O) groups is 1. The van der Waals surface area contributed by atoms with Gasteiger partial charge in [-0.05, 0) is 99.1 Å². The van der Waals surface area contributed by atoms with E-state index in [-0.39, 0.29) is 5.91 Å². The third kappa shape index (κ3) is 7.62. The molecule has 1 aromatic heterocycles. The Morgan fingerprint density at radius 3 is 2.53 bits per heavy atom. The number of amides is 1. The zero-order chi connectivity index (χ0) is 31.2. The molecule has 0 radical (unpaired) electrons.